The Balaban J connectivity index is 2.73. The molecule has 0 atom stereocenters. The first-order chi connectivity index (χ1) is 9.56. The summed E-state index contributed by atoms with van der Waals surface area (Å²) in [6.07, 6.45) is 2.63. The monoisotopic (exact) mass is 294 g/mol. The van der Waals surface area contributed by atoms with Gasteiger partial charge in [0.25, 0.3) is 0 Å². The largest absolute Gasteiger partial charge is 0.478 e. The summed E-state index contributed by atoms with van der Waals surface area (Å²) < 4.78 is 1.26. The molecule has 0 spiro atoms. The van der Waals surface area contributed by atoms with Crippen LogP contribution in [0.1, 0.15) is 16.8 Å². The van der Waals surface area contributed by atoms with Crippen LogP contribution in [-0.4, -0.2) is 32.6 Å². The molecule has 1 heterocycles. The number of carboxylic acids is 1. The average Bonchev–Trinajstić information content (AvgIpc) is 2.42. The van der Waals surface area contributed by atoms with Crippen LogP contribution in [0.3, 0.4) is 0 Å². The first-order valence-corrected chi connectivity index (χ1v) is 7.43. The number of benzene rings is 1. The molecule has 0 aliphatic rings. The van der Waals surface area contributed by atoms with Crippen molar-refractivity contribution in [3.63, 3.8) is 0 Å². The lowest BCUT2D eigenvalue weighted by Gasteiger charge is -2.11. The molecular weight excluding hydrogens is 280 g/mol. The number of H-pyrrole nitrogens is 1. The van der Waals surface area contributed by atoms with Gasteiger partial charge in [-0.15, -0.1) is 0 Å². The number of para-hydroxylation sites is 1. The van der Waals surface area contributed by atoms with Crippen LogP contribution in [-0.2, 0) is 6.54 Å². The standard InChI is InChI=1S/C13H14N2O4S/c1-20-7-3-6-15-10-8(13(18)19)4-2-5-9(10)14-11(16)12(15)17/h2,4-5H,3,6-7H2,1H3,(H,14,16)(H,18,19). The molecular formula is C13H14N2O4S. The molecule has 0 aliphatic carbocycles. The van der Waals surface area contributed by atoms with E-state index in [2.05, 4.69) is 4.98 Å². The van der Waals surface area contributed by atoms with Gasteiger partial charge in [-0.2, -0.15) is 11.8 Å². The van der Waals surface area contributed by atoms with Gasteiger partial charge >= 0.3 is 17.1 Å². The van der Waals surface area contributed by atoms with Crippen molar-refractivity contribution in [2.24, 2.45) is 0 Å². The zero-order valence-electron chi connectivity index (χ0n) is 10.9. The van der Waals surface area contributed by atoms with E-state index in [1.54, 1.807) is 23.9 Å². The van der Waals surface area contributed by atoms with Crippen LogP contribution in [0.5, 0.6) is 0 Å². The summed E-state index contributed by atoms with van der Waals surface area (Å²) in [7, 11) is 0. The highest BCUT2D eigenvalue weighted by Crippen LogP contribution is 2.15. The van der Waals surface area contributed by atoms with Gasteiger partial charge < -0.3 is 14.7 Å². The lowest BCUT2D eigenvalue weighted by Crippen LogP contribution is -2.37. The summed E-state index contributed by atoms with van der Waals surface area (Å²) in [4.78, 5) is 37.3. The van der Waals surface area contributed by atoms with E-state index in [1.165, 1.54) is 10.6 Å². The van der Waals surface area contributed by atoms with Crippen LogP contribution in [0.2, 0.25) is 0 Å². The Morgan fingerprint density at radius 3 is 2.80 bits per heavy atom. The fourth-order valence-electron chi connectivity index (χ4n) is 2.09. The molecule has 0 saturated heterocycles. The number of rotatable bonds is 5. The van der Waals surface area contributed by atoms with E-state index in [0.717, 1.165) is 5.75 Å². The molecule has 2 N–H and O–H groups in total. The number of carboxylic acid groups (broad SMARTS) is 1. The number of aryl methyl sites for hydroxylation is 1. The molecule has 2 aromatic rings. The number of hydrogen-bond acceptors (Lipinski definition) is 4. The van der Waals surface area contributed by atoms with Crippen molar-refractivity contribution >= 4 is 28.8 Å². The van der Waals surface area contributed by atoms with E-state index < -0.39 is 17.1 Å². The smallest absolute Gasteiger partial charge is 0.337 e. The number of hydrogen-bond donors (Lipinski definition) is 2. The molecule has 0 unspecified atom stereocenters. The van der Waals surface area contributed by atoms with Crippen molar-refractivity contribution in [2.45, 2.75) is 13.0 Å². The maximum Gasteiger partial charge on any atom is 0.337 e. The van der Waals surface area contributed by atoms with E-state index in [4.69, 9.17) is 0 Å². The summed E-state index contributed by atoms with van der Waals surface area (Å²) >= 11 is 1.63. The minimum atomic E-state index is -1.12. The first-order valence-electron chi connectivity index (χ1n) is 6.04. The molecule has 0 aliphatic heterocycles. The Morgan fingerprint density at radius 2 is 2.15 bits per heavy atom. The molecule has 106 valence electrons. The third-order valence-corrected chi connectivity index (χ3v) is 3.65. The van der Waals surface area contributed by atoms with Crippen molar-refractivity contribution in [1.82, 2.24) is 9.55 Å². The molecule has 0 amide bonds. The van der Waals surface area contributed by atoms with Gasteiger partial charge in [0.05, 0.1) is 16.6 Å². The van der Waals surface area contributed by atoms with Crippen molar-refractivity contribution < 1.29 is 9.90 Å². The Morgan fingerprint density at radius 1 is 1.40 bits per heavy atom. The van der Waals surface area contributed by atoms with E-state index in [1.807, 2.05) is 6.26 Å². The summed E-state index contributed by atoms with van der Waals surface area (Å²) in [5.41, 5.74) is -0.805. The quantitative estimate of drug-likeness (QED) is 0.637. The highest BCUT2D eigenvalue weighted by molar-refractivity contribution is 7.98. The number of aromatic nitrogens is 2. The summed E-state index contributed by atoms with van der Waals surface area (Å²) in [6, 6.07) is 4.56. The third kappa shape index (κ3) is 2.62. The maximum atomic E-state index is 12.0. The Bertz CT molecular complexity index is 763. The van der Waals surface area contributed by atoms with Crippen LogP contribution in [0, 0.1) is 0 Å². The number of carbonyl (C=O) groups is 1. The molecule has 0 radical (unpaired) electrons. The number of aromatic amines is 1. The SMILES string of the molecule is CSCCCn1c(=O)c(=O)[nH]c2cccc(C(=O)O)c21. The minimum Gasteiger partial charge on any atom is -0.478 e. The van der Waals surface area contributed by atoms with Crippen LogP contribution in [0.15, 0.2) is 27.8 Å². The first kappa shape index (κ1) is 14.4. The summed E-state index contributed by atoms with van der Waals surface area (Å²) in [5, 5.41) is 9.23. The minimum absolute atomic E-state index is 0.0139. The van der Waals surface area contributed by atoms with Crippen molar-refractivity contribution in [3.8, 4) is 0 Å². The Hall–Kier alpha value is -2.02. The van der Waals surface area contributed by atoms with Crippen molar-refractivity contribution in [3.05, 3.63) is 44.5 Å². The van der Waals surface area contributed by atoms with Crippen molar-refractivity contribution in [1.29, 1.82) is 0 Å². The van der Waals surface area contributed by atoms with Crippen LogP contribution >= 0.6 is 11.8 Å². The van der Waals surface area contributed by atoms with E-state index >= 15 is 0 Å². The fraction of sp³-hybridized carbons (Fsp3) is 0.308. The zero-order valence-corrected chi connectivity index (χ0v) is 11.7. The number of aromatic carboxylic acids is 1. The molecule has 7 heteroatoms. The van der Waals surface area contributed by atoms with Crippen LogP contribution < -0.4 is 11.1 Å². The third-order valence-electron chi connectivity index (χ3n) is 2.95. The molecule has 0 fully saturated rings. The molecule has 0 saturated carbocycles. The van der Waals surface area contributed by atoms with Gasteiger partial charge in [0, 0.05) is 6.54 Å². The lowest BCUT2D eigenvalue weighted by atomic mass is 10.1. The molecule has 2 rings (SSSR count). The Kier molecular flexibility index (Phi) is 4.29. The predicted molar refractivity (Wildman–Crippen MR) is 78.8 cm³/mol. The average molecular weight is 294 g/mol. The van der Waals surface area contributed by atoms with E-state index in [-0.39, 0.29) is 11.1 Å². The van der Waals surface area contributed by atoms with Gasteiger partial charge in [-0.05, 0) is 30.6 Å². The molecule has 6 nitrogen and oxygen atoms in total. The second-order valence-electron chi connectivity index (χ2n) is 4.26. The second kappa shape index (κ2) is 5.96. The van der Waals surface area contributed by atoms with E-state index in [0.29, 0.717) is 18.5 Å². The number of nitrogens with zero attached hydrogens (tertiary/aromatic N) is 1. The number of fused-ring (bicyclic) bond motifs is 1. The molecule has 0 bridgehead atoms. The van der Waals surface area contributed by atoms with Gasteiger partial charge in [-0.25, -0.2) is 4.79 Å². The van der Waals surface area contributed by atoms with Crippen LogP contribution in [0.4, 0.5) is 0 Å². The lowest BCUT2D eigenvalue weighted by molar-refractivity contribution is 0.0698. The Labute approximate surface area is 118 Å². The van der Waals surface area contributed by atoms with Crippen LogP contribution in [0.25, 0.3) is 11.0 Å². The van der Waals surface area contributed by atoms with E-state index in [9.17, 15) is 19.5 Å². The summed E-state index contributed by atoms with van der Waals surface area (Å²) in [5.74, 6) is -0.295. The number of thioether (sulfide) groups is 1. The van der Waals surface area contributed by atoms with Gasteiger partial charge in [0.1, 0.15) is 0 Å². The van der Waals surface area contributed by atoms with Crippen molar-refractivity contribution in [2.75, 3.05) is 12.0 Å². The molecule has 1 aromatic heterocycles. The normalized spacial score (nSPS) is 10.8. The molecule has 1 aromatic carbocycles. The van der Waals surface area contributed by atoms with Gasteiger partial charge in [0.15, 0.2) is 0 Å². The maximum absolute atomic E-state index is 12.0. The highest BCUT2D eigenvalue weighted by atomic mass is 32.2. The van der Waals surface area contributed by atoms with Gasteiger partial charge in [-0.1, -0.05) is 6.07 Å². The fourth-order valence-corrected chi connectivity index (χ4v) is 2.51. The second-order valence-corrected chi connectivity index (χ2v) is 5.25. The highest BCUT2D eigenvalue weighted by Gasteiger charge is 2.15. The topological polar surface area (TPSA) is 92.2 Å². The summed E-state index contributed by atoms with van der Waals surface area (Å²) in [6.45, 7) is 0.324. The van der Waals surface area contributed by atoms with Gasteiger partial charge in [-0.3, -0.25) is 9.59 Å². The number of nitrogens with one attached hydrogen (secondary N) is 1. The van der Waals surface area contributed by atoms with Gasteiger partial charge in [0.2, 0.25) is 0 Å². The molecule has 20 heavy (non-hydrogen) atoms. The zero-order chi connectivity index (χ0) is 14.7. The predicted octanol–water partition coefficient (Wildman–Crippen LogP) is 1.14.